The van der Waals surface area contributed by atoms with Gasteiger partial charge in [0.05, 0.1) is 17.4 Å². The molecule has 1 N–H and O–H groups in total. The number of esters is 1. The zero-order chi connectivity index (χ0) is 17.4. The molecule has 23 heavy (non-hydrogen) atoms. The van der Waals surface area contributed by atoms with Crippen LogP contribution < -0.4 is 5.32 Å². The predicted octanol–water partition coefficient (Wildman–Crippen LogP) is 2.72. The van der Waals surface area contributed by atoms with E-state index in [1.807, 2.05) is 0 Å². The average Bonchev–Trinajstić information content (AvgIpc) is 2.45. The molecule has 0 atom stereocenters. The predicted molar refractivity (Wildman–Crippen MR) is 86.0 cm³/mol. The topological polar surface area (TPSA) is 98.5 Å². The van der Waals surface area contributed by atoms with Crippen LogP contribution in [0.5, 0.6) is 0 Å². The number of benzene rings is 1. The van der Waals surface area contributed by atoms with Gasteiger partial charge in [-0.2, -0.15) is 0 Å². The molecule has 0 fully saturated rings. The molecule has 0 saturated carbocycles. The zero-order valence-electron chi connectivity index (χ0n) is 12.7. The summed E-state index contributed by atoms with van der Waals surface area (Å²) in [7, 11) is 0. The number of halogens is 1. The number of hydrogen-bond acceptors (Lipinski definition) is 5. The second kappa shape index (κ2) is 8.89. The van der Waals surface area contributed by atoms with Crippen LogP contribution in [0.4, 0.5) is 5.69 Å². The van der Waals surface area contributed by atoms with Crippen LogP contribution in [0.15, 0.2) is 24.3 Å². The summed E-state index contributed by atoms with van der Waals surface area (Å²) < 4.78 is 4.92. The van der Waals surface area contributed by atoms with Gasteiger partial charge in [-0.1, -0.05) is 17.7 Å². The Balaban J connectivity index is 2.51. The molecule has 0 unspecified atom stereocenters. The Hall–Kier alpha value is -2.41. The third-order valence-corrected chi connectivity index (χ3v) is 2.91. The fourth-order valence-corrected chi connectivity index (χ4v) is 1.80. The van der Waals surface area contributed by atoms with Crippen molar-refractivity contribution in [1.82, 2.24) is 5.32 Å². The lowest BCUT2D eigenvalue weighted by molar-refractivity contribution is -0.384. The van der Waals surface area contributed by atoms with Gasteiger partial charge in [0, 0.05) is 18.7 Å². The van der Waals surface area contributed by atoms with E-state index in [9.17, 15) is 19.7 Å². The van der Waals surface area contributed by atoms with E-state index in [1.54, 1.807) is 19.9 Å². The van der Waals surface area contributed by atoms with Crippen LogP contribution >= 0.6 is 11.6 Å². The molecule has 8 heteroatoms. The van der Waals surface area contributed by atoms with Crippen LogP contribution in [-0.4, -0.2) is 29.4 Å². The summed E-state index contributed by atoms with van der Waals surface area (Å²) in [5.41, 5.74) is 0.237. The maximum atomic E-state index is 11.6. The molecule has 7 nitrogen and oxygen atoms in total. The van der Waals surface area contributed by atoms with Crippen LogP contribution in [0, 0.1) is 10.1 Å². The molecule has 1 amide bonds. The number of nitrogens with zero attached hydrogens (tertiary/aromatic N) is 1. The van der Waals surface area contributed by atoms with Crippen molar-refractivity contribution in [3.8, 4) is 0 Å². The van der Waals surface area contributed by atoms with Crippen molar-refractivity contribution < 1.29 is 19.2 Å². The Labute approximate surface area is 138 Å². The lowest BCUT2D eigenvalue weighted by Crippen LogP contribution is -2.25. The molecule has 0 aromatic heterocycles. The normalized spacial score (nSPS) is 10.8. The van der Waals surface area contributed by atoms with Crippen LogP contribution in [-0.2, 0) is 14.3 Å². The lowest BCUT2D eigenvalue weighted by Gasteiger charge is -2.07. The number of carbonyl (C=O) groups is 2. The van der Waals surface area contributed by atoms with E-state index < -0.39 is 16.8 Å². The number of hydrogen-bond donors (Lipinski definition) is 1. The number of nitrogens with one attached hydrogen (secondary N) is 1. The summed E-state index contributed by atoms with van der Waals surface area (Å²) in [6, 6.07) is 4.21. The summed E-state index contributed by atoms with van der Waals surface area (Å²) in [6.07, 6.45) is 2.52. The highest BCUT2D eigenvalue weighted by molar-refractivity contribution is 6.32. The fourth-order valence-electron chi connectivity index (χ4n) is 1.61. The maximum absolute atomic E-state index is 11.6. The first kappa shape index (κ1) is 18.6. The van der Waals surface area contributed by atoms with Gasteiger partial charge in [-0.25, -0.2) is 0 Å². The minimum absolute atomic E-state index is 0.0280. The van der Waals surface area contributed by atoms with E-state index in [1.165, 1.54) is 24.3 Å². The van der Waals surface area contributed by atoms with Crippen LogP contribution in [0.25, 0.3) is 6.08 Å². The third kappa shape index (κ3) is 6.92. The molecule has 0 aliphatic heterocycles. The van der Waals surface area contributed by atoms with Gasteiger partial charge in [-0.15, -0.1) is 0 Å². The minimum atomic E-state index is -0.597. The zero-order valence-corrected chi connectivity index (χ0v) is 13.5. The molecule has 0 saturated heterocycles. The highest BCUT2D eigenvalue weighted by atomic mass is 35.5. The molecule has 0 radical (unpaired) electrons. The summed E-state index contributed by atoms with van der Waals surface area (Å²) >= 11 is 5.70. The molecule has 1 aromatic rings. The maximum Gasteiger partial charge on any atom is 0.307 e. The highest BCUT2D eigenvalue weighted by Crippen LogP contribution is 2.25. The molecule has 1 rings (SSSR count). The van der Waals surface area contributed by atoms with Crippen LogP contribution in [0.1, 0.15) is 25.8 Å². The second-order valence-electron chi connectivity index (χ2n) is 4.88. The smallest absolute Gasteiger partial charge is 0.307 e. The molecule has 1 aromatic carbocycles. The van der Waals surface area contributed by atoms with Crippen LogP contribution in [0.2, 0.25) is 5.02 Å². The highest BCUT2D eigenvalue weighted by Gasteiger charge is 2.11. The van der Waals surface area contributed by atoms with Crippen molar-refractivity contribution >= 4 is 35.2 Å². The van der Waals surface area contributed by atoms with Gasteiger partial charge in [-0.05, 0) is 31.6 Å². The molecular formula is C15H17ClN2O5. The van der Waals surface area contributed by atoms with E-state index in [2.05, 4.69) is 5.32 Å². The summed E-state index contributed by atoms with van der Waals surface area (Å²) in [5.74, 6) is -0.808. The second-order valence-corrected chi connectivity index (χ2v) is 5.29. The van der Waals surface area contributed by atoms with Gasteiger partial charge >= 0.3 is 5.97 Å². The van der Waals surface area contributed by atoms with E-state index in [4.69, 9.17) is 16.3 Å². The SMILES string of the molecule is CC(C)OC(=O)CCNC(=O)/C=C/c1ccc(Cl)c([N+](=O)[O-])c1. The number of carbonyl (C=O) groups excluding carboxylic acids is 2. The van der Waals surface area contributed by atoms with Crippen molar-refractivity contribution in [2.45, 2.75) is 26.4 Å². The number of ether oxygens (including phenoxy) is 1. The Bertz CT molecular complexity index is 628. The van der Waals surface area contributed by atoms with Crippen molar-refractivity contribution in [1.29, 1.82) is 0 Å². The Morgan fingerprint density at radius 1 is 1.43 bits per heavy atom. The van der Waals surface area contributed by atoms with Crippen molar-refractivity contribution in [3.05, 3.63) is 45.0 Å². The summed E-state index contributed by atoms with van der Waals surface area (Å²) in [4.78, 5) is 33.0. The minimum Gasteiger partial charge on any atom is -0.463 e. The molecule has 0 spiro atoms. The van der Waals surface area contributed by atoms with Crippen molar-refractivity contribution in [2.24, 2.45) is 0 Å². The van der Waals surface area contributed by atoms with Gasteiger partial charge in [0.25, 0.3) is 5.69 Å². The third-order valence-electron chi connectivity index (χ3n) is 2.59. The van der Waals surface area contributed by atoms with Gasteiger partial charge < -0.3 is 10.1 Å². The average molecular weight is 341 g/mol. The summed E-state index contributed by atoms with van der Waals surface area (Å²) in [5, 5.41) is 13.3. The van der Waals surface area contributed by atoms with E-state index >= 15 is 0 Å². The number of amides is 1. The Morgan fingerprint density at radius 3 is 2.74 bits per heavy atom. The van der Waals surface area contributed by atoms with Gasteiger partial charge in [0.15, 0.2) is 0 Å². The van der Waals surface area contributed by atoms with E-state index in [0.717, 1.165) is 0 Å². The lowest BCUT2D eigenvalue weighted by atomic mass is 10.2. The van der Waals surface area contributed by atoms with Crippen LogP contribution in [0.3, 0.4) is 0 Å². The van der Waals surface area contributed by atoms with Crippen molar-refractivity contribution in [2.75, 3.05) is 6.54 Å². The first-order valence-electron chi connectivity index (χ1n) is 6.89. The monoisotopic (exact) mass is 340 g/mol. The first-order chi connectivity index (χ1) is 10.8. The Kier molecular flexibility index (Phi) is 7.21. The number of rotatable bonds is 7. The molecule has 0 heterocycles. The van der Waals surface area contributed by atoms with Crippen molar-refractivity contribution in [3.63, 3.8) is 0 Å². The van der Waals surface area contributed by atoms with Gasteiger partial charge in [0.2, 0.25) is 5.91 Å². The van der Waals surface area contributed by atoms with Gasteiger partial charge in [0.1, 0.15) is 5.02 Å². The summed E-state index contributed by atoms with van der Waals surface area (Å²) in [6.45, 7) is 3.63. The number of nitro groups is 1. The van der Waals surface area contributed by atoms with Gasteiger partial charge in [-0.3, -0.25) is 19.7 Å². The number of nitro benzene ring substituents is 1. The van der Waals surface area contributed by atoms with E-state index in [0.29, 0.717) is 5.56 Å². The Morgan fingerprint density at radius 2 is 2.13 bits per heavy atom. The molecular weight excluding hydrogens is 324 g/mol. The fraction of sp³-hybridized carbons (Fsp3) is 0.333. The van der Waals surface area contributed by atoms with E-state index in [-0.39, 0.29) is 29.8 Å². The standard InChI is InChI=1S/C15H17ClN2O5/c1-10(2)23-15(20)7-8-17-14(19)6-4-11-3-5-12(16)13(9-11)18(21)22/h3-6,9-10H,7-8H2,1-2H3,(H,17,19)/b6-4+. The molecule has 124 valence electrons. The largest absolute Gasteiger partial charge is 0.463 e. The first-order valence-corrected chi connectivity index (χ1v) is 7.26. The molecule has 0 bridgehead atoms. The molecule has 0 aliphatic carbocycles. The molecule has 0 aliphatic rings. The quantitative estimate of drug-likeness (QED) is 0.356.